The molecule has 0 saturated carbocycles. The maximum absolute atomic E-state index is 13.5. The van der Waals surface area contributed by atoms with E-state index in [-0.39, 0.29) is 11.7 Å². The van der Waals surface area contributed by atoms with Crippen molar-refractivity contribution >= 4 is 5.69 Å². The van der Waals surface area contributed by atoms with Crippen LogP contribution < -0.4 is 5.32 Å². The Morgan fingerprint density at radius 3 is 2.67 bits per heavy atom. The number of hydrogen-bond donors (Lipinski definition) is 1. The molecule has 0 saturated heterocycles. The Kier molecular flexibility index (Phi) is 3.60. The van der Waals surface area contributed by atoms with E-state index < -0.39 is 17.5 Å². The van der Waals surface area contributed by atoms with Gasteiger partial charge in [-0.15, -0.1) is 0 Å². The first kappa shape index (κ1) is 12.5. The van der Waals surface area contributed by atoms with Gasteiger partial charge in [-0.05, 0) is 18.6 Å². The molecule has 96 valence electrons. The fraction of sp³-hybridized carbons (Fsp3) is 0.231. The summed E-state index contributed by atoms with van der Waals surface area (Å²) in [5.74, 6) is -2.56. The van der Waals surface area contributed by atoms with Gasteiger partial charge in [0.2, 0.25) is 0 Å². The molecule has 0 aliphatic carbocycles. The van der Waals surface area contributed by atoms with Crippen LogP contribution in [-0.4, -0.2) is 0 Å². The second kappa shape index (κ2) is 5.16. The summed E-state index contributed by atoms with van der Waals surface area (Å²) in [6.07, 6.45) is 2.08. The Hall–Kier alpha value is -1.91. The number of hydrogen-bond acceptors (Lipinski definition) is 2. The minimum Gasteiger partial charge on any atom is -0.467 e. The van der Waals surface area contributed by atoms with E-state index in [0.29, 0.717) is 18.2 Å². The third-order valence-electron chi connectivity index (χ3n) is 2.62. The Labute approximate surface area is 102 Å². The minimum absolute atomic E-state index is 0.212. The van der Waals surface area contributed by atoms with Crippen LogP contribution in [-0.2, 0) is 0 Å². The third kappa shape index (κ3) is 2.50. The molecule has 2 rings (SSSR count). The smallest absolute Gasteiger partial charge is 0.182 e. The summed E-state index contributed by atoms with van der Waals surface area (Å²) in [4.78, 5) is 0. The summed E-state index contributed by atoms with van der Waals surface area (Å²) in [6.45, 7) is 1.85. The van der Waals surface area contributed by atoms with Gasteiger partial charge >= 0.3 is 0 Å². The van der Waals surface area contributed by atoms with E-state index in [1.54, 1.807) is 12.1 Å². The maximum Gasteiger partial charge on any atom is 0.182 e. The highest BCUT2D eigenvalue weighted by Gasteiger charge is 2.17. The van der Waals surface area contributed by atoms with Crippen molar-refractivity contribution in [2.24, 2.45) is 0 Å². The molecule has 1 aromatic heterocycles. The van der Waals surface area contributed by atoms with E-state index in [2.05, 4.69) is 5.32 Å². The van der Waals surface area contributed by atoms with E-state index in [9.17, 15) is 13.2 Å². The summed E-state index contributed by atoms with van der Waals surface area (Å²) in [6, 6.07) is 4.51. The average Bonchev–Trinajstić information content (AvgIpc) is 2.85. The Morgan fingerprint density at radius 2 is 2.06 bits per heavy atom. The molecule has 5 heteroatoms. The van der Waals surface area contributed by atoms with E-state index in [4.69, 9.17) is 4.42 Å². The lowest BCUT2D eigenvalue weighted by atomic mass is 10.1. The molecule has 0 radical (unpaired) electrons. The van der Waals surface area contributed by atoms with Crippen LogP contribution in [0.15, 0.2) is 34.9 Å². The van der Waals surface area contributed by atoms with Gasteiger partial charge in [0.15, 0.2) is 11.6 Å². The molecule has 1 aromatic carbocycles. The molecule has 1 atom stereocenters. The van der Waals surface area contributed by atoms with Crippen LogP contribution in [0.2, 0.25) is 0 Å². The van der Waals surface area contributed by atoms with E-state index in [0.717, 1.165) is 6.07 Å². The fourth-order valence-electron chi connectivity index (χ4n) is 1.71. The zero-order valence-electron chi connectivity index (χ0n) is 9.71. The van der Waals surface area contributed by atoms with Crippen molar-refractivity contribution in [2.75, 3.05) is 5.32 Å². The molecule has 18 heavy (non-hydrogen) atoms. The van der Waals surface area contributed by atoms with Crippen molar-refractivity contribution in [3.63, 3.8) is 0 Å². The first-order valence-electron chi connectivity index (χ1n) is 5.56. The maximum atomic E-state index is 13.5. The number of anilines is 1. The molecular weight excluding hydrogens is 243 g/mol. The molecule has 0 bridgehead atoms. The lowest BCUT2D eigenvalue weighted by Crippen LogP contribution is -2.11. The summed E-state index contributed by atoms with van der Waals surface area (Å²) < 4.78 is 44.8. The van der Waals surface area contributed by atoms with Crippen LogP contribution in [0.1, 0.15) is 25.1 Å². The predicted molar refractivity (Wildman–Crippen MR) is 61.7 cm³/mol. The van der Waals surface area contributed by atoms with E-state index in [1.165, 1.54) is 6.26 Å². The number of benzene rings is 1. The normalized spacial score (nSPS) is 12.4. The summed E-state index contributed by atoms with van der Waals surface area (Å²) in [7, 11) is 0. The first-order valence-corrected chi connectivity index (χ1v) is 5.56. The second-order valence-corrected chi connectivity index (χ2v) is 3.87. The SMILES string of the molecule is CCC(Nc1cc(F)cc(F)c1F)c1ccco1. The average molecular weight is 255 g/mol. The highest BCUT2D eigenvalue weighted by atomic mass is 19.2. The molecule has 0 amide bonds. The Balaban J connectivity index is 2.28. The van der Waals surface area contributed by atoms with Gasteiger partial charge in [-0.25, -0.2) is 13.2 Å². The van der Waals surface area contributed by atoms with Gasteiger partial charge < -0.3 is 9.73 Å². The molecule has 0 aliphatic rings. The van der Waals surface area contributed by atoms with Gasteiger partial charge in [-0.2, -0.15) is 0 Å². The quantitative estimate of drug-likeness (QED) is 0.826. The van der Waals surface area contributed by atoms with Crippen molar-refractivity contribution in [2.45, 2.75) is 19.4 Å². The molecule has 1 N–H and O–H groups in total. The molecule has 0 aliphatic heterocycles. The number of furan rings is 1. The highest BCUT2D eigenvalue weighted by molar-refractivity contribution is 5.47. The van der Waals surface area contributed by atoms with Crippen molar-refractivity contribution < 1.29 is 17.6 Å². The van der Waals surface area contributed by atoms with Crippen molar-refractivity contribution in [1.82, 2.24) is 0 Å². The summed E-state index contributed by atoms with van der Waals surface area (Å²) in [5, 5.41) is 2.73. The lowest BCUT2D eigenvalue weighted by molar-refractivity contribution is 0.467. The number of nitrogens with one attached hydrogen (secondary N) is 1. The van der Waals surface area contributed by atoms with Crippen LogP contribution >= 0.6 is 0 Å². The molecule has 1 unspecified atom stereocenters. The standard InChI is InChI=1S/C13H12F3NO/c1-2-10(12-4-3-5-18-12)17-11-7-8(14)6-9(15)13(11)16/h3-7,10,17H,2H2,1H3. The van der Waals surface area contributed by atoms with Crippen molar-refractivity contribution in [1.29, 1.82) is 0 Å². The third-order valence-corrected chi connectivity index (χ3v) is 2.62. The van der Waals surface area contributed by atoms with Gasteiger partial charge in [0.1, 0.15) is 11.6 Å². The lowest BCUT2D eigenvalue weighted by Gasteiger charge is -2.16. The second-order valence-electron chi connectivity index (χ2n) is 3.87. The van der Waals surface area contributed by atoms with Crippen LogP contribution in [0.4, 0.5) is 18.9 Å². The zero-order valence-corrected chi connectivity index (χ0v) is 9.71. The predicted octanol–water partition coefficient (Wildman–Crippen LogP) is 4.26. The zero-order chi connectivity index (χ0) is 13.1. The van der Waals surface area contributed by atoms with Crippen LogP contribution in [0, 0.1) is 17.5 Å². The highest BCUT2D eigenvalue weighted by Crippen LogP contribution is 2.26. The first-order chi connectivity index (χ1) is 8.61. The van der Waals surface area contributed by atoms with Gasteiger partial charge in [0.05, 0.1) is 18.0 Å². The van der Waals surface area contributed by atoms with Gasteiger partial charge in [-0.3, -0.25) is 0 Å². The molecule has 2 aromatic rings. The van der Waals surface area contributed by atoms with Gasteiger partial charge in [-0.1, -0.05) is 6.92 Å². The summed E-state index contributed by atoms with van der Waals surface area (Å²) in [5.41, 5.74) is -0.212. The summed E-state index contributed by atoms with van der Waals surface area (Å²) >= 11 is 0. The van der Waals surface area contributed by atoms with Crippen LogP contribution in [0.5, 0.6) is 0 Å². The topological polar surface area (TPSA) is 25.2 Å². The molecule has 1 heterocycles. The van der Waals surface area contributed by atoms with Crippen LogP contribution in [0.3, 0.4) is 0 Å². The van der Waals surface area contributed by atoms with Crippen molar-refractivity contribution in [3.8, 4) is 0 Å². The minimum atomic E-state index is -1.22. The number of halogens is 3. The number of rotatable bonds is 4. The van der Waals surface area contributed by atoms with Crippen LogP contribution in [0.25, 0.3) is 0 Å². The molecular formula is C13H12F3NO. The largest absolute Gasteiger partial charge is 0.467 e. The van der Waals surface area contributed by atoms with Gasteiger partial charge in [0, 0.05) is 12.1 Å². The molecule has 0 spiro atoms. The monoisotopic (exact) mass is 255 g/mol. The van der Waals surface area contributed by atoms with E-state index in [1.807, 2.05) is 6.92 Å². The van der Waals surface area contributed by atoms with Gasteiger partial charge in [0.25, 0.3) is 0 Å². The fourth-order valence-corrected chi connectivity index (χ4v) is 1.71. The molecule has 2 nitrogen and oxygen atoms in total. The Morgan fingerprint density at radius 1 is 1.28 bits per heavy atom. The van der Waals surface area contributed by atoms with E-state index >= 15 is 0 Å². The Bertz CT molecular complexity index is 525. The molecule has 0 fully saturated rings. The van der Waals surface area contributed by atoms with Crippen molar-refractivity contribution in [3.05, 3.63) is 53.7 Å².